The summed E-state index contributed by atoms with van der Waals surface area (Å²) in [5.74, 6) is 0. The summed E-state index contributed by atoms with van der Waals surface area (Å²) in [5.41, 5.74) is -1.17. The van der Waals surface area contributed by atoms with Gasteiger partial charge in [-0.25, -0.2) is 4.48 Å². The highest BCUT2D eigenvalue weighted by Gasteiger charge is 2.71. The molecule has 1 amide bonds. The van der Waals surface area contributed by atoms with Gasteiger partial charge >= 0.3 is 6.09 Å². The van der Waals surface area contributed by atoms with Crippen molar-refractivity contribution in [2.24, 2.45) is 0 Å². The number of aliphatic hydroxyl groups is 1. The molecule has 0 radical (unpaired) electrons. The lowest BCUT2D eigenvalue weighted by molar-refractivity contribution is -0.756. The molecule has 0 saturated carbocycles. The summed E-state index contributed by atoms with van der Waals surface area (Å²) in [4.78, 5) is 12.7. The maximum atomic E-state index is 12.7. The van der Waals surface area contributed by atoms with Gasteiger partial charge in [0.1, 0.15) is 12.1 Å². The van der Waals surface area contributed by atoms with Crippen LogP contribution >= 0.6 is 0 Å². The molecule has 0 aliphatic carbocycles. The highest BCUT2D eigenvalue weighted by molar-refractivity contribution is 5.63. The molecule has 4 heteroatoms. The van der Waals surface area contributed by atoms with Crippen LogP contribution in [0.1, 0.15) is 74.1 Å². The van der Waals surface area contributed by atoms with E-state index in [4.69, 9.17) is 4.74 Å². The molecule has 0 bridgehead atoms. The summed E-state index contributed by atoms with van der Waals surface area (Å²) in [5, 5.41) is 10.5. The van der Waals surface area contributed by atoms with Gasteiger partial charge in [0.2, 0.25) is 0 Å². The van der Waals surface area contributed by atoms with E-state index < -0.39 is 11.2 Å². The van der Waals surface area contributed by atoms with Crippen molar-refractivity contribution in [3.63, 3.8) is 0 Å². The zero-order valence-electron chi connectivity index (χ0n) is 15.0. The number of amides is 1. The Labute approximate surface area is 130 Å². The smallest absolute Gasteiger partial charge is 0.414 e. The van der Waals surface area contributed by atoms with E-state index in [0.29, 0.717) is 17.4 Å². The molecule has 1 aliphatic rings. The number of ether oxygens (including phenoxy) is 1. The third-order valence-corrected chi connectivity index (χ3v) is 5.32. The summed E-state index contributed by atoms with van der Waals surface area (Å²) < 4.78 is 6.01. The molecule has 0 aromatic rings. The van der Waals surface area contributed by atoms with Crippen molar-refractivity contribution < 1.29 is 19.1 Å². The summed E-state index contributed by atoms with van der Waals surface area (Å²) in [6, 6.07) is 0. The van der Waals surface area contributed by atoms with Crippen LogP contribution in [0.5, 0.6) is 0 Å². The largest absolute Gasteiger partial charge is 0.517 e. The zero-order chi connectivity index (χ0) is 16.5. The van der Waals surface area contributed by atoms with Gasteiger partial charge in [0.15, 0.2) is 5.54 Å². The van der Waals surface area contributed by atoms with Crippen LogP contribution in [0, 0.1) is 0 Å². The van der Waals surface area contributed by atoms with Crippen molar-refractivity contribution >= 4 is 6.09 Å². The third kappa shape index (κ3) is 3.78. The van der Waals surface area contributed by atoms with E-state index in [2.05, 4.69) is 13.8 Å². The maximum absolute atomic E-state index is 12.7. The Morgan fingerprint density at radius 3 is 2.10 bits per heavy atom. The lowest BCUT2D eigenvalue weighted by Crippen LogP contribution is -2.46. The van der Waals surface area contributed by atoms with Crippen molar-refractivity contribution in [2.75, 3.05) is 13.1 Å². The highest BCUT2D eigenvalue weighted by atomic mass is 16.6. The normalized spacial score (nSPS) is 29.3. The average Bonchev–Trinajstić information content (AvgIpc) is 3.02. The maximum Gasteiger partial charge on any atom is 0.517 e. The summed E-state index contributed by atoms with van der Waals surface area (Å²) in [7, 11) is 0. The predicted molar refractivity (Wildman–Crippen MR) is 85.1 cm³/mol. The summed E-state index contributed by atoms with van der Waals surface area (Å²) in [6.07, 6.45) is 2.90. The fourth-order valence-electron chi connectivity index (χ4n) is 3.04. The SMILES string of the molecule is CCC(O)(CC)CC[N+]1(C(=O)OC(C)(C)C)CC1(C)CC. The fourth-order valence-corrected chi connectivity index (χ4v) is 3.04. The molecule has 1 N–H and O–H groups in total. The van der Waals surface area contributed by atoms with E-state index in [1.165, 1.54) is 0 Å². The number of hydrogen-bond donors (Lipinski definition) is 1. The minimum absolute atomic E-state index is 0.0370. The van der Waals surface area contributed by atoms with Crippen LogP contribution in [0.2, 0.25) is 0 Å². The Hall–Kier alpha value is -0.610. The monoisotopic (exact) mass is 300 g/mol. The first-order chi connectivity index (χ1) is 9.47. The molecule has 124 valence electrons. The molecule has 1 fully saturated rings. The highest BCUT2D eigenvalue weighted by Crippen LogP contribution is 2.47. The predicted octanol–water partition coefficient (Wildman–Crippen LogP) is 3.86. The Bertz CT molecular complexity index is 384. The van der Waals surface area contributed by atoms with Gasteiger partial charge in [-0.3, -0.25) is 0 Å². The van der Waals surface area contributed by atoms with Gasteiger partial charge in [0.25, 0.3) is 0 Å². The topological polar surface area (TPSA) is 46.5 Å². The van der Waals surface area contributed by atoms with E-state index >= 15 is 0 Å². The molecule has 2 unspecified atom stereocenters. The van der Waals surface area contributed by atoms with Crippen molar-refractivity contribution in [3.05, 3.63) is 0 Å². The fraction of sp³-hybridized carbons (Fsp3) is 0.941. The van der Waals surface area contributed by atoms with Crippen molar-refractivity contribution in [2.45, 2.75) is 90.9 Å². The lowest BCUT2D eigenvalue weighted by atomic mass is 9.93. The number of carbonyl (C=O) groups is 1. The Morgan fingerprint density at radius 1 is 1.24 bits per heavy atom. The van der Waals surface area contributed by atoms with Gasteiger partial charge in [0.05, 0.1) is 12.1 Å². The number of rotatable bonds is 6. The van der Waals surface area contributed by atoms with E-state index in [-0.39, 0.29) is 11.6 Å². The van der Waals surface area contributed by atoms with Gasteiger partial charge < -0.3 is 9.84 Å². The number of hydrogen-bond acceptors (Lipinski definition) is 3. The second-order valence-electron chi connectivity index (χ2n) is 7.86. The van der Waals surface area contributed by atoms with Gasteiger partial charge in [-0.2, -0.15) is 4.79 Å². The second-order valence-corrected chi connectivity index (χ2v) is 7.86. The van der Waals surface area contributed by atoms with Gasteiger partial charge in [-0.15, -0.1) is 0 Å². The molecule has 2 atom stereocenters. The van der Waals surface area contributed by atoms with E-state index in [1.807, 2.05) is 34.6 Å². The molecule has 1 heterocycles. The molecular formula is C17H34NO3+. The van der Waals surface area contributed by atoms with Crippen molar-refractivity contribution in [1.29, 1.82) is 0 Å². The molecule has 0 spiro atoms. The Morgan fingerprint density at radius 2 is 1.76 bits per heavy atom. The van der Waals surface area contributed by atoms with Gasteiger partial charge in [0, 0.05) is 12.8 Å². The minimum Gasteiger partial charge on any atom is -0.414 e. The molecule has 0 aromatic heterocycles. The second kappa shape index (κ2) is 5.88. The van der Waals surface area contributed by atoms with Crippen molar-refractivity contribution in [1.82, 2.24) is 0 Å². The van der Waals surface area contributed by atoms with Crippen LogP contribution in [0.15, 0.2) is 0 Å². The van der Waals surface area contributed by atoms with Crippen LogP contribution in [0.3, 0.4) is 0 Å². The van der Waals surface area contributed by atoms with Crippen LogP contribution in [-0.2, 0) is 4.74 Å². The van der Waals surface area contributed by atoms with Crippen LogP contribution in [0.4, 0.5) is 4.79 Å². The van der Waals surface area contributed by atoms with Crippen LogP contribution in [0.25, 0.3) is 0 Å². The molecule has 4 nitrogen and oxygen atoms in total. The van der Waals surface area contributed by atoms with Crippen molar-refractivity contribution in [3.8, 4) is 0 Å². The molecule has 1 aliphatic heterocycles. The van der Waals surface area contributed by atoms with Gasteiger partial charge in [-0.05, 0) is 40.5 Å². The summed E-state index contributed by atoms with van der Waals surface area (Å²) >= 11 is 0. The molecule has 1 saturated heterocycles. The first-order valence-electron chi connectivity index (χ1n) is 8.30. The molecule has 0 aromatic carbocycles. The Kier molecular flexibility index (Phi) is 5.16. The third-order valence-electron chi connectivity index (χ3n) is 5.32. The number of nitrogens with zero attached hydrogens (tertiary/aromatic N) is 1. The summed E-state index contributed by atoms with van der Waals surface area (Å²) in [6.45, 7) is 15.5. The van der Waals surface area contributed by atoms with Crippen LogP contribution in [-0.4, -0.2) is 45.5 Å². The first kappa shape index (κ1) is 18.4. The minimum atomic E-state index is -0.662. The number of quaternary nitrogens is 1. The molecule has 1 rings (SSSR count). The standard InChI is InChI=1S/C17H34NO3/c1-8-16(7)13-18(16,14(19)21-15(4,5)6)12-11-17(20,9-2)10-3/h20H,8-13H2,1-7H3/q+1. The molecular weight excluding hydrogens is 266 g/mol. The quantitative estimate of drug-likeness (QED) is 0.598. The lowest BCUT2D eigenvalue weighted by Gasteiger charge is -2.30. The van der Waals surface area contributed by atoms with Gasteiger partial charge in [-0.1, -0.05) is 20.8 Å². The zero-order valence-corrected chi connectivity index (χ0v) is 15.0. The van der Waals surface area contributed by atoms with E-state index in [0.717, 1.165) is 25.8 Å². The first-order valence-corrected chi connectivity index (χ1v) is 8.30. The van der Waals surface area contributed by atoms with Crippen LogP contribution < -0.4 is 0 Å². The molecule has 21 heavy (non-hydrogen) atoms. The average molecular weight is 300 g/mol. The Balaban J connectivity index is 2.86. The number of carbonyl (C=O) groups excluding carboxylic acids is 1. The van der Waals surface area contributed by atoms with E-state index in [1.54, 1.807) is 0 Å². The van der Waals surface area contributed by atoms with E-state index in [9.17, 15) is 9.90 Å².